The molecule has 0 aliphatic heterocycles. The minimum Gasteiger partial charge on any atom is -0.311 e. The monoisotopic (exact) mass is 387 g/mol. The number of thioether (sulfide) groups is 1. The molecule has 2 rings (SSSR count). The summed E-state index contributed by atoms with van der Waals surface area (Å²) in [4.78, 5) is 26.3. The lowest BCUT2D eigenvalue weighted by Crippen LogP contribution is -2.33. The molecule has 0 aliphatic rings. The van der Waals surface area contributed by atoms with Crippen molar-refractivity contribution in [2.24, 2.45) is 0 Å². The molecule has 0 bridgehead atoms. The fourth-order valence-corrected chi connectivity index (χ4v) is 3.43. The molecule has 7 nitrogen and oxygen atoms in total. The Morgan fingerprint density at radius 1 is 1.37 bits per heavy atom. The normalized spacial score (nSPS) is 10.6. The van der Waals surface area contributed by atoms with Gasteiger partial charge in [-0.3, -0.25) is 9.36 Å². The summed E-state index contributed by atoms with van der Waals surface area (Å²) in [6, 6.07) is 7.92. The standard InChI is InChI=1S/C19H25N5O2S/c1-4-5-10-24-18(26)21-22-19(24)27-13-17(25)23(11-6-9-20)16-8-7-14(2)15(3)12-16/h7-8,12H,4-6,10-11,13H2,1-3H3,(H,21,26). The Bertz CT molecular complexity index is 881. The summed E-state index contributed by atoms with van der Waals surface area (Å²) in [7, 11) is 0. The minimum atomic E-state index is -0.256. The van der Waals surface area contributed by atoms with E-state index in [-0.39, 0.29) is 23.8 Å². The molecule has 0 fully saturated rings. The maximum absolute atomic E-state index is 12.8. The van der Waals surface area contributed by atoms with Gasteiger partial charge in [-0.1, -0.05) is 31.2 Å². The predicted molar refractivity (Wildman–Crippen MR) is 107 cm³/mol. The smallest absolute Gasteiger partial charge is 0.311 e. The number of benzene rings is 1. The number of aromatic nitrogens is 3. The largest absolute Gasteiger partial charge is 0.343 e. The molecule has 0 aliphatic carbocycles. The second-order valence-electron chi connectivity index (χ2n) is 6.33. The van der Waals surface area contributed by atoms with Crippen LogP contribution < -0.4 is 10.6 Å². The fraction of sp³-hybridized carbons (Fsp3) is 0.474. The Balaban J connectivity index is 2.13. The van der Waals surface area contributed by atoms with Crippen LogP contribution in [0.15, 0.2) is 28.2 Å². The number of carbonyl (C=O) groups excluding carboxylic acids is 1. The van der Waals surface area contributed by atoms with Crippen molar-refractivity contribution in [3.05, 3.63) is 39.8 Å². The number of rotatable bonds is 9. The van der Waals surface area contributed by atoms with Crippen LogP contribution in [-0.4, -0.2) is 33.0 Å². The molecule has 144 valence electrons. The van der Waals surface area contributed by atoms with E-state index in [1.165, 1.54) is 11.8 Å². The average molecular weight is 388 g/mol. The fourth-order valence-electron chi connectivity index (χ4n) is 2.58. The van der Waals surface area contributed by atoms with Crippen LogP contribution in [0, 0.1) is 25.2 Å². The van der Waals surface area contributed by atoms with E-state index in [2.05, 4.69) is 23.2 Å². The molecule has 1 aromatic carbocycles. The molecule has 8 heteroatoms. The second-order valence-corrected chi connectivity index (χ2v) is 7.27. The van der Waals surface area contributed by atoms with Crippen LogP contribution >= 0.6 is 11.8 Å². The third kappa shape index (κ3) is 5.47. The average Bonchev–Trinajstić information content (AvgIpc) is 3.01. The van der Waals surface area contributed by atoms with E-state index in [0.717, 1.165) is 29.7 Å². The van der Waals surface area contributed by atoms with E-state index in [9.17, 15) is 9.59 Å². The zero-order chi connectivity index (χ0) is 19.8. The number of aromatic amines is 1. The number of anilines is 1. The van der Waals surface area contributed by atoms with E-state index in [4.69, 9.17) is 5.26 Å². The molecule has 0 unspecified atom stereocenters. The Kier molecular flexibility index (Phi) is 7.67. The number of nitrogens with one attached hydrogen (secondary N) is 1. The topological polar surface area (TPSA) is 94.8 Å². The van der Waals surface area contributed by atoms with E-state index in [0.29, 0.717) is 18.2 Å². The molecular weight excluding hydrogens is 362 g/mol. The van der Waals surface area contributed by atoms with Gasteiger partial charge < -0.3 is 4.90 Å². The van der Waals surface area contributed by atoms with Gasteiger partial charge in [0.15, 0.2) is 5.16 Å². The number of nitrogens with zero attached hydrogens (tertiary/aromatic N) is 4. The van der Waals surface area contributed by atoms with Crippen LogP contribution in [0.2, 0.25) is 0 Å². The first-order chi connectivity index (χ1) is 13.0. The lowest BCUT2D eigenvalue weighted by molar-refractivity contribution is -0.116. The molecule has 0 radical (unpaired) electrons. The highest BCUT2D eigenvalue weighted by Gasteiger charge is 2.18. The Labute approximate surface area is 163 Å². The third-order valence-corrected chi connectivity index (χ3v) is 5.29. The van der Waals surface area contributed by atoms with Crippen molar-refractivity contribution in [3.63, 3.8) is 0 Å². The molecule has 0 saturated carbocycles. The number of aryl methyl sites for hydroxylation is 2. The van der Waals surface area contributed by atoms with Crippen LogP contribution in [0.3, 0.4) is 0 Å². The molecular formula is C19H25N5O2S. The first kappa shape index (κ1) is 20.8. The maximum Gasteiger partial charge on any atom is 0.343 e. The van der Waals surface area contributed by atoms with Gasteiger partial charge in [0.25, 0.3) is 0 Å². The van der Waals surface area contributed by atoms with E-state index in [1.54, 1.807) is 9.47 Å². The highest BCUT2D eigenvalue weighted by Crippen LogP contribution is 2.22. The van der Waals surface area contributed by atoms with Gasteiger partial charge in [0.05, 0.1) is 18.2 Å². The van der Waals surface area contributed by atoms with Gasteiger partial charge in [-0.25, -0.2) is 9.89 Å². The van der Waals surface area contributed by atoms with Crippen molar-refractivity contribution in [2.75, 3.05) is 17.2 Å². The van der Waals surface area contributed by atoms with Gasteiger partial charge in [-0.2, -0.15) is 5.26 Å². The van der Waals surface area contributed by atoms with Crippen LogP contribution in [0.5, 0.6) is 0 Å². The van der Waals surface area contributed by atoms with Crippen molar-refractivity contribution in [1.29, 1.82) is 5.26 Å². The van der Waals surface area contributed by atoms with Crippen LogP contribution in [0.25, 0.3) is 0 Å². The summed E-state index contributed by atoms with van der Waals surface area (Å²) in [5, 5.41) is 15.9. The van der Waals surface area contributed by atoms with Crippen molar-refractivity contribution < 1.29 is 4.79 Å². The number of hydrogen-bond donors (Lipinski definition) is 1. The Morgan fingerprint density at radius 2 is 2.15 bits per heavy atom. The number of H-pyrrole nitrogens is 1. The van der Waals surface area contributed by atoms with E-state index >= 15 is 0 Å². The summed E-state index contributed by atoms with van der Waals surface area (Å²) >= 11 is 1.24. The summed E-state index contributed by atoms with van der Waals surface area (Å²) < 4.78 is 1.57. The first-order valence-corrected chi connectivity index (χ1v) is 9.99. The summed E-state index contributed by atoms with van der Waals surface area (Å²) in [6.45, 7) is 6.98. The predicted octanol–water partition coefficient (Wildman–Crippen LogP) is 3.03. The van der Waals surface area contributed by atoms with Crippen molar-refractivity contribution in [3.8, 4) is 6.07 Å². The SMILES string of the molecule is CCCCn1c(SCC(=O)N(CCC#N)c2ccc(C)c(C)c2)n[nH]c1=O. The first-order valence-electron chi connectivity index (χ1n) is 9.00. The van der Waals surface area contributed by atoms with Gasteiger partial charge in [-0.15, -0.1) is 5.10 Å². The maximum atomic E-state index is 12.8. The molecule has 0 saturated heterocycles. The van der Waals surface area contributed by atoms with Crippen LogP contribution in [0.1, 0.15) is 37.3 Å². The van der Waals surface area contributed by atoms with Crippen LogP contribution in [-0.2, 0) is 11.3 Å². The summed E-state index contributed by atoms with van der Waals surface area (Å²) in [6.07, 6.45) is 2.10. The Hall–Kier alpha value is -2.53. The lowest BCUT2D eigenvalue weighted by Gasteiger charge is -2.22. The third-order valence-electron chi connectivity index (χ3n) is 4.33. The molecule has 1 heterocycles. The molecule has 0 atom stereocenters. The highest BCUT2D eigenvalue weighted by molar-refractivity contribution is 7.99. The molecule has 0 spiro atoms. The summed E-state index contributed by atoms with van der Waals surface area (Å²) in [5.41, 5.74) is 2.77. The number of unbranched alkanes of at least 4 members (excludes halogenated alkanes) is 1. The molecule has 1 N–H and O–H groups in total. The van der Waals surface area contributed by atoms with Gasteiger partial charge in [0.2, 0.25) is 5.91 Å². The molecule has 1 aromatic heterocycles. The zero-order valence-electron chi connectivity index (χ0n) is 16.0. The number of hydrogen-bond acceptors (Lipinski definition) is 5. The minimum absolute atomic E-state index is 0.115. The van der Waals surface area contributed by atoms with Crippen LogP contribution in [0.4, 0.5) is 5.69 Å². The molecule has 1 amide bonds. The van der Waals surface area contributed by atoms with E-state index < -0.39 is 0 Å². The number of amides is 1. The zero-order valence-corrected chi connectivity index (χ0v) is 16.8. The van der Waals surface area contributed by atoms with Crippen molar-refractivity contribution >= 4 is 23.4 Å². The van der Waals surface area contributed by atoms with Gasteiger partial charge in [0, 0.05) is 18.8 Å². The van der Waals surface area contributed by atoms with Gasteiger partial charge in [0.1, 0.15) is 0 Å². The van der Waals surface area contributed by atoms with E-state index in [1.807, 2.05) is 32.0 Å². The number of carbonyl (C=O) groups is 1. The van der Waals surface area contributed by atoms with Crippen molar-refractivity contribution in [2.45, 2.75) is 51.7 Å². The summed E-state index contributed by atoms with van der Waals surface area (Å²) in [5.74, 6) is 0.0328. The molecule has 27 heavy (non-hydrogen) atoms. The lowest BCUT2D eigenvalue weighted by atomic mass is 10.1. The van der Waals surface area contributed by atoms with Crippen molar-refractivity contribution in [1.82, 2.24) is 14.8 Å². The van der Waals surface area contributed by atoms with Gasteiger partial charge in [-0.05, 0) is 43.5 Å². The quantitative estimate of drug-likeness (QED) is 0.667. The molecule has 2 aromatic rings. The Morgan fingerprint density at radius 3 is 2.81 bits per heavy atom. The second kappa shape index (κ2) is 9.97. The number of nitriles is 1. The highest BCUT2D eigenvalue weighted by atomic mass is 32.2. The van der Waals surface area contributed by atoms with Gasteiger partial charge >= 0.3 is 5.69 Å².